The lowest BCUT2D eigenvalue weighted by molar-refractivity contribution is -0.123. The SMILES string of the molecule is O=C(NCc1cc(-c2ccccc2)no1)C1CC12CCNCC2. The number of nitrogens with one attached hydrogen (secondary N) is 2. The monoisotopic (exact) mass is 311 g/mol. The fourth-order valence-corrected chi connectivity index (χ4v) is 3.63. The Balaban J connectivity index is 1.33. The number of rotatable bonds is 4. The van der Waals surface area contributed by atoms with Crippen LogP contribution in [0, 0.1) is 11.3 Å². The summed E-state index contributed by atoms with van der Waals surface area (Å²) in [7, 11) is 0. The number of amides is 1. The maximum absolute atomic E-state index is 12.3. The van der Waals surface area contributed by atoms with Crippen molar-refractivity contribution < 1.29 is 9.32 Å². The first-order valence-electron chi connectivity index (χ1n) is 8.26. The van der Waals surface area contributed by atoms with Crippen LogP contribution in [0.4, 0.5) is 0 Å². The molecule has 1 aromatic carbocycles. The van der Waals surface area contributed by atoms with Crippen molar-refractivity contribution >= 4 is 5.91 Å². The van der Waals surface area contributed by atoms with Crippen molar-refractivity contribution in [3.05, 3.63) is 42.2 Å². The van der Waals surface area contributed by atoms with Gasteiger partial charge in [0, 0.05) is 17.5 Å². The summed E-state index contributed by atoms with van der Waals surface area (Å²) in [6.07, 6.45) is 3.27. The molecule has 1 aromatic heterocycles. The molecular weight excluding hydrogens is 290 g/mol. The summed E-state index contributed by atoms with van der Waals surface area (Å²) in [5.74, 6) is 1.03. The molecule has 23 heavy (non-hydrogen) atoms. The van der Waals surface area contributed by atoms with E-state index in [4.69, 9.17) is 4.52 Å². The zero-order valence-electron chi connectivity index (χ0n) is 13.0. The van der Waals surface area contributed by atoms with Crippen LogP contribution in [-0.2, 0) is 11.3 Å². The smallest absolute Gasteiger partial charge is 0.224 e. The highest BCUT2D eigenvalue weighted by Gasteiger charge is 2.57. The molecule has 120 valence electrons. The summed E-state index contributed by atoms with van der Waals surface area (Å²) in [5, 5.41) is 10.4. The number of aromatic nitrogens is 1. The van der Waals surface area contributed by atoms with Crippen molar-refractivity contribution in [1.29, 1.82) is 0 Å². The molecule has 2 aromatic rings. The second-order valence-corrected chi connectivity index (χ2v) is 6.63. The molecule has 2 heterocycles. The molecule has 1 spiro atoms. The Morgan fingerprint density at radius 3 is 2.87 bits per heavy atom. The Morgan fingerprint density at radius 2 is 2.09 bits per heavy atom. The quantitative estimate of drug-likeness (QED) is 0.909. The molecule has 1 aliphatic carbocycles. The molecule has 5 heteroatoms. The van der Waals surface area contributed by atoms with Gasteiger partial charge in [-0.15, -0.1) is 0 Å². The zero-order chi connectivity index (χ0) is 15.7. The lowest BCUT2D eigenvalue weighted by Gasteiger charge is -2.23. The minimum absolute atomic E-state index is 0.157. The highest BCUT2D eigenvalue weighted by molar-refractivity contribution is 5.82. The highest BCUT2D eigenvalue weighted by Crippen LogP contribution is 2.58. The van der Waals surface area contributed by atoms with E-state index in [2.05, 4.69) is 15.8 Å². The molecule has 4 rings (SSSR count). The second kappa shape index (κ2) is 5.81. The number of nitrogens with zero attached hydrogens (tertiary/aromatic N) is 1. The number of hydrogen-bond donors (Lipinski definition) is 2. The summed E-state index contributed by atoms with van der Waals surface area (Å²) in [4.78, 5) is 12.3. The minimum Gasteiger partial charge on any atom is -0.359 e. The fraction of sp³-hybridized carbons (Fsp3) is 0.444. The van der Waals surface area contributed by atoms with Crippen LogP contribution in [0.15, 0.2) is 40.9 Å². The second-order valence-electron chi connectivity index (χ2n) is 6.63. The molecule has 2 aliphatic rings. The van der Waals surface area contributed by atoms with Crippen LogP contribution in [0.5, 0.6) is 0 Å². The Kier molecular flexibility index (Phi) is 3.65. The largest absolute Gasteiger partial charge is 0.359 e. The van der Waals surface area contributed by atoms with E-state index >= 15 is 0 Å². The van der Waals surface area contributed by atoms with E-state index in [1.54, 1.807) is 0 Å². The van der Waals surface area contributed by atoms with E-state index in [0.717, 1.165) is 43.6 Å². The maximum Gasteiger partial charge on any atom is 0.224 e. The summed E-state index contributed by atoms with van der Waals surface area (Å²) in [6.45, 7) is 2.47. The van der Waals surface area contributed by atoms with Gasteiger partial charge in [-0.3, -0.25) is 4.79 Å². The van der Waals surface area contributed by atoms with Crippen LogP contribution in [0.1, 0.15) is 25.0 Å². The Bertz CT molecular complexity index is 689. The third-order valence-corrected chi connectivity index (χ3v) is 5.17. The average molecular weight is 311 g/mol. The topological polar surface area (TPSA) is 67.2 Å². The first kappa shape index (κ1) is 14.5. The summed E-state index contributed by atoms with van der Waals surface area (Å²) < 4.78 is 5.33. The Labute approximate surface area is 135 Å². The highest BCUT2D eigenvalue weighted by atomic mass is 16.5. The van der Waals surface area contributed by atoms with Crippen LogP contribution >= 0.6 is 0 Å². The third-order valence-electron chi connectivity index (χ3n) is 5.17. The normalized spacial score (nSPS) is 22.0. The van der Waals surface area contributed by atoms with Crippen LogP contribution < -0.4 is 10.6 Å². The van der Waals surface area contributed by atoms with E-state index < -0.39 is 0 Å². The van der Waals surface area contributed by atoms with Gasteiger partial charge in [-0.1, -0.05) is 35.5 Å². The van der Waals surface area contributed by atoms with Crippen molar-refractivity contribution in [2.75, 3.05) is 13.1 Å². The molecule has 1 amide bonds. The standard InChI is InChI=1S/C18H21N3O2/c22-17(15-11-18(15)6-8-19-9-7-18)20-12-14-10-16(21-23-14)13-4-2-1-3-5-13/h1-5,10,15,19H,6-9,11-12H2,(H,20,22). The zero-order valence-corrected chi connectivity index (χ0v) is 13.0. The number of carbonyl (C=O) groups excluding carboxylic acids is 1. The predicted octanol–water partition coefficient (Wildman–Crippen LogP) is 2.35. The van der Waals surface area contributed by atoms with Crippen LogP contribution in [0.3, 0.4) is 0 Å². The Hall–Kier alpha value is -2.14. The van der Waals surface area contributed by atoms with Crippen molar-refractivity contribution in [3.63, 3.8) is 0 Å². The molecule has 2 N–H and O–H groups in total. The van der Waals surface area contributed by atoms with E-state index in [1.165, 1.54) is 0 Å². The van der Waals surface area contributed by atoms with Crippen molar-refractivity contribution in [2.24, 2.45) is 11.3 Å². The van der Waals surface area contributed by atoms with Crippen LogP contribution in [0.25, 0.3) is 11.3 Å². The van der Waals surface area contributed by atoms with Gasteiger partial charge in [0.05, 0.1) is 6.54 Å². The van der Waals surface area contributed by atoms with Crippen molar-refractivity contribution in [3.8, 4) is 11.3 Å². The lowest BCUT2D eigenvalue weighted by atomic mass is 9.92. The molecule has 1 saturated carbocycles. The number of hydrogen-bond acceptors (Lipinski definition) is 4. The number of carbonyl (C=O) groups is 1. The molecular formula is C18H21N3O2. The fourth-order valence-electron chi connectivity index (χ4n) is 3.63. The van der Waals surface area contributed by atoms with Crippen LogP contribution in [0.2, 0.25) is 0 Å². The molecule has 1 aliphatic heterocycles. The molecule has 2 fully saturated rings. The molecule has 0 radical (unpaired) electrons. The molecule has 1 atom stereocenters. The van der Waals surface area contributed by atoms with Crippen molar-refractivity contribution in [1.82, 2.24) is 15.8 Å². The van der Waals surface area contributed by atoms with E-state index in [0.29, 0.717) is 12.3 Å². The van der Waals surface area contributed by atoms with Gasteiger partial charge >= 0.3 is 0 Å². The maximum atomic E-state index is 12.3. The molecule has 5 nitrogen and oxygen atoms in total. The van der Waals surface area contributed by atoms with E-state index in [-0.39, 0.29) is 17.2 Å². The van der Waals surface area contributed by atoms with Gasteiger partial charge in [0.25, 0.3) is 0 Å². The predicted molar refractivity (Wildman–Crippen MR) is 86.4 cm³/mol. The van der Waals surface area contributed by atoms with Gasteiger partial charge in [-0.05, 0) is 37.8 Å². The molecule has 0 bridgehead atoms. The van der Waals surface area contributed by atoms with Gasteiger partial charge in [0.15, 0.2) is 5.76 Å². The first-order valence-corrected chi connectivity index (χ1v) is 8.26. The van der Waals surface area contributed by atoms with E-state index in [1.807, 2.05) is 36.4 Å². The summed E-state index contributed by atoms with van der Waals surface area (Å²) in [6, 6.07) is 11.8. The minimum atomic E-state index is 0.157. The van der Waals surface area contributed by atoms with Gasteiger partial charge in [-0.2, -0.15) is 0 Å². The van der Waals surface area contributed by atoms with Crippen LogP contribution in [-0.4, -0.2) is 24.2 Å². The van der Waals surface area contributed by atoms with E-state index in [9.17, 15) is 4.79 Å². The average Bonchev–Trinajstić information content (AvgIpc) is 3.08. The van der Waals surface area contributed by atoms with Gasteiger partial charge in [-0.25, -0.2) is 0 Å². The molecule has 1 unspecified atom stereocenters. The van der Waals surface area contributed by atoms with Gasteiger partial charge < -0.3 is 15.2 Å². The number of piperidine rings is 1. The van der Waals surface area contributed by atoms with Gasteiger partial charge in [0.1, 0.15) is 5.69 Å². The number of benzene rings is 1. The first-order chi connectivity index (χ1) is 11.3. The molecule has 1 saturated heterocycles. The van der Waals surface area contributed by atoms with Crippen molar-refractivity contribution in [2.45, 2.75) is 25.8 Å². The summed E-state index contributed by atoms with van der Waals surface area (Å²) >= 11 is 0. The third kappa shape index (κ3) is 2.88. The summed E-state index contributed by atoms with van der Waals surface area (Å²) in [5.41, 5.74) is 2.09. The van der Waals surface area contributed by atoms with Gasteiger partial charge in [0.2, 0.25) is 5.91 Å². The lowest BCUT2D eigenvalue weighted by Crippen LogP contribution is -2.33. The Morgan fingerprint density at radius 1 is 1.30 bits per heavy atom.